The molecule has 0 aliphatic heterocycles. The Morgan fingerprint density at radius 3 is 2.38 bits per heavy atom. The number of rotatable bonds is 5. The summed E-state index contributed by atoms with van der Waals surface area (Å²) < 4.78 is 12.2. The van der Waals surface area contributed by atoms with Crippen LogP contribution in [-0.4, -0.2) is 42.4 Å². The van der Waals surface area contributed by atoms with Gasteiger partial charge < -0.3 is 5.11 Å². The lowest BCUT2D eigenvalue weighted by Crippen LogP contribution is -2.40. The molecule has 0 bridgehead atoms. The first-order chi connectivity index (χ1) is 6.38. The second-order valence-corrected chi connectivity index (χ2v) is 3.74. The minimum absolute atomic E-state index is 0.149. The van der Waals surface area contributed by atoms with E-state index in [-0.39, 0.29) is 13.3 Å². The third-order valence-corrected chi connectivity index (χ3v) is 2.85. The van der Waals surface area contributed by atoms with Crippen LogP contribution in [0.4, 0.5) is 4.39 Å². The van der Waals surface area contributed by atoms with Gasteiger partial charge in [-0.2, -0.15) is 0 Å². The van der Waals surface area contributed by atoms with Gasteiger partial charge in [0, 0.05) is 19.1 Å². The monoisotopic (exact) mass is 189 g/mol. The van der Waals surface area contributed by atoms with Crippen molar-refractivity contribution in [3.8, 4) is 0 Å². The van der Waals surface area contributed by atoms with Crippen LogP contribution >= 0.6 is 0 Å². The second kappa shape index (κ2) is 6.33. The highest BCUT2D eigenvalue weighted by molar-refractivity contribution is 4.75. The number of hydrogen-bond donors (Lipinski definition) is 1. The van der Waals surface area contributed by atoms with E-state index in [4.69, 9.17) is 5.11 Å². The highest BCUT2D eigenvalue weighted by atomic mass is 19.1. The van der Waals surface area contributed by atoms with Crippen molar-refractivity contribution in [3.63, 3.8) is 0 Å². The lowest BCUT2D eigenvalue weighted by Gasteiger charge is -2.33. The Bertz CT molecular complexity index is 120. The Labute approximate surface area is 79.7 Å². The second-order valence-electron chi connectivity index (χ2n) is 3.74. The molecule has 13 heavy (non-hydrogen) atoms. The van der Waals surface area contributed by atoms with Crippen molar-refractivity contribution in [2.75, 3.05) is 26.4 Å². The van der Waals surface area contributed by atoms with Crippen molar-refractivity contribution in [1.29, 1.82) is 0 Å². The molecule has 1 aliphatic rings. The molecule has 3 heteroatoms. The van der Waals surface area contributed by atoms with E-state index < -0.39 is 0 Å². The molecule has 0 unspecified atom stereocenters. The topological polar surface area (TPSA) is 23.5 Å². The van der Waals surface area contributed by atoms with Crippen molar-refractivity contribution in [2.45, 2.75) is 38.1 Å². The van der Waals surface area contributed by atoms with Gasteiger partial charge in [-0.3, -0.25) is 4.90 Å². The summed E-state index contributed by atoms with van der Waals surface area (Å²) in [5.74, 6) is 0. The Morgan fingerprint density at radius 1 is 1.15 bits per heavy atom. The number of halogens is 1. The maximum atomic E-state index is 12.2. The number of alkyl halides is 1. The lowest BCUT2D eigenvalue weighted by atomic mass is 9.94. The van der Waals surface area contributed by atoms with Gasteiger partial charge in [-0.1, -0.05) is 19.3 Å². The molecule has 0 spiro atoms. The first-order valence-corrected chi connectivity index (χ1v) is 5.29. The molecule has 0 aromatic carbocycles. The van der Waals surface area contributed by atoms with Gasteiger partial charge in [0.25, 0.3) is 0 Å². The van der Waals surface area contributed by atoms with Crippen LogP contribution in [-0.2, 0) is 0 Å². The van der Waals surface area contributed by atoms with Crippen LogP contribution in [0.1, 0.15) is 32.1 Å². The van der Waals surface area contributed by atoms with E-state index in [1.807, 2.05) is 0 Å². The molecule has 78 valence electrons. The molecule has 2 nitrogen and oxygen atoms in total. The fourth-order valence-electron chi connectivity index (χ4n) is 2.16. The normalized spacial score (nSPS) is 19.6. The molecule has 0 amide bonds. The SMILES string of the molecule is OCCN(CCF)C1CCCCC1. The molecule has 0 heterocycles. The van der Waals surface area contributed by atoms with Crippen LogP contribution in [0.2, 0.25) is 0 Å². The van der Waals surface area contributed by atoms with Crippen molar-refractivity contribution in [1.82, 2.24) is 4.90 Å². The lowest BCUT2D eigenvalue weighted by molar-refractivity contribution is 0.116. The molecule has 1 rings (SSSR count). The van der Waals surface area contributed by atoms with E-state index in [1.54, 1.807) is 0 Å². The van der Waals surface area contributed by atoms with Crippen molar-refractivity contribution in [2.24, 2.45) is 0 Å². The fraction of sp³-hybridized carbons (Fsp3) is 1.00. The molecule has 0 atom stereocenters. The first-order valence-electron chi connectivity index (χ1n) is 5.29. The third-order valence-electron chi connectivity index (χ3n) is 2.85. The molecule has 0 radical (unpaired) electrons. The molecule has 0 aromatic heterocycles. The summed E-state index contributed by atoms with van der Waals surface area (Å²) in [6.45, 7) is 0.979. The van der Waals surface area contributed by atoms with Gasteiger partial charge in [0.05, 0.1) is 6.61 Å². The predicted octanol–water partition coefficient (Wildman–Crippen LogP) is 1.58. The van der Waals surface area contributed by atoms with E-state index >= 15 is 0 Å². The summed E-state index contributed by atoms with van der Waals surface area (Å²) in [7, 11) is 0. The molecule has 0 saturated heterocycles. The van der Waals surface area contributed by atoms with E-state index in [1.165, 1.54) is 32.1 Å². The summed E-state index contributed by atoms with van der Waals surface area (Å²) in [5, 5.41) is 8.83. The highest BCUT2D eigenvalue weighted by Crippen LogP contribution is 2.22. The maximum absolute atomic E-state index is 12.2. The fourth-order valence-corrected chi connectivity index (χ4v) is 2.16. The van der Waals surface area contributed by atoms with Gasteiger partial charge in [-0.05, 0) is 12.8 Å². The smallest absolute Gasteiger partial charge is 0.102 e. The summed E-state index contributed by atoms with van der Waals surface area (Å²) in [6, 6.07) is 0.525. The van der Waals surface area contributed by atoms with Crippen molar-refractivity contribution < 1.29 is 9.50 Å². The van der Waals surface area contributed by atoms with Gasteiger partial charge in [-0.25, -0.2) is 4.39 Å². The standard InChI is InChI=1S/C10H20FNO/c11-6-7-12(8-9-13)10-4-2-1-3-5-10/h10,13H,1-9H2. The average molecular weight is 189 g/mol. The highest BCUT2D eigenvalue weighted by Gasteiger charge is 2.19. The largest absolute Gasteiger partial charge is 0.395 e. The van der Waals surface area contributed by atoms with E-state index in [2.05, 4.69) is 4.90 Å². The maximum Gasteiger partial charge on any atom is 0.102 e. The van der Waals surface area contributed by atoms with Gasteiger partial charge >= 0.3 is 0 Å². The minimum atomic E-state index is -0.295. The van der Waals surface area contributed by atoms with Gasteiger partial charge in [-0.15, -0.1) is 0 Å². The van der Waals surface area contributed by atoms with E-state index in [9.17, 15) is 4.39 Å². The summed E-state index contributed by atoms with van der Waals surface area (Å²) >= 11 is 0. The molecular formula is C10H20FNO. The Kier molecular flexibility index (Phi) is 5.32. The van der Waals surface area contributed by atoms with Crippen LogP contribution in [0.3, 0.4) is 0 Å². The van der Waals surface area contributed by atoms with Crippen LogP contribution in [0.5, 0.6) is 0 Å². The van der Waals surface area contributed by atoms with Crippen molar-refractivity contribution >= 4 is 0 Å². The van der Waals surface area contributed by atoms with Crippen LogP contribution in [0.25, 0.3) is 0 Å². The quantitative estimate of drug-likeness (QED) is 0.710. The zero-order chi connectivity index (χ0) is 9.52. The Balaban J connectivity index is 2.32. The number of hydrogen-bond acceptors (Lipinski definition) is 2. The van der Waals surface area contributed by atoms with Gasteiger partial charge in [0.1, 0.15) is 6.67 Å². The average Bonchev–Trinajstić information content (AvgIpc) is 2.19. The molecule has 1 aliphatic carbocycles. The van der Waals surface area contributed by atoms with Crippen LogP contribution in [0.15, 0.2) is 0 Å². The van der Waals surface area contributed by atoms with Crippen LogP contribution < -0.4 is 0 Å². The van der Waals surface area contributed by atoms with Crippen molar-refractivity contribution in [3.05, 3.63) is 0 Å². The summed E-state index contributed by atoms with van der Waals surface area (Å²) in [6.07, 6.45) is 6.21. The van der Waals surface area contributed by atoms with Crippen LogP contribution in [0, 0.1) is 0 Å². The Hall–Kier alpha value is -0.150. The summed E-state index contributed by atoms with van der Waals surface area (Å²) in [5.41, 5.74) is 0. The molecule has 0 aromatic rings. The molecule has 1 N–H and O–H groups in total. The molecule has 1 fully saturated rings. The number of aliphatic hydroxyl groups is 1. The predicted molar refractivity (Wildman–Crippen MR) is 51.5 cm³/mol. The zero-order valence-electron chi connectivity index (χ0n) is 8.21. The van der Waals surface area contributed by atoms with E-state index in [0.29, 0.717) is 19.1 Å². The summed E-state index contributed by atoms with van der Waals surface area (Å²) in [4.78, 5) is 2.10. The Morgan fingerprint density at radius 2 is 1.85 bits per heavy atom. The number of nitrogens with zero attached hydrogens (tertiary/aromatic N) is 1. The van der Waals surface area contributed by atoms with E-state index in [0.717, 1.165) is 0 Å². The zero-order valence-corrected chi connectivity index (χ0v) is 8.21. The number of aliphatic hydroxyl groups excluding tert-OH is 1. The minimum Gasteiger partial charge on any atom is -0.395 e. The molecule has 1 saturated carbocycles. The first kappa shape index (κ1) is 10.9. The molecular weight excluding hydrogens is 169 g/mol. The third kappa shape index (κ3) is 3.61. The van der Waals surface area contributed by atoms with Gasteiger partial charge in [0.2, 0.25) is 0 Å². The van der Waals surface area contributed by atoms with Gasteiger partial charge in [0.15, 0.2) is 0 Å².